The molecule has 0 saturated carbocycles. The zero-order chi connectivity index (χ0) is 13.6. The van der Waals surface area contributed by atoms with E-state index in [0.29, 0.717) is 5.56 Å². The van der Waals surface area contributed by atoms with Crippen LogP contribution in [0.1, 0.15) is 22.8 Å². The van der Waals surface area contributed by atoms with E-state index in [1.165, 1.54) is 5.56 Å². The number of fused-ring (bicyclic) bond motifs is 1. The fourth-order valence-electron chi connectivity index (χ4n) is 2.58. The number of hydrogen-bond donors (Lipinski definition) is 0. The molecule has 1 atom stereocenters. The summed E-state index contributed by atoms with van der Waals surface area (Å²) in [5, 5.41) is 4.07. The molecule has 98 valence electrons. The van der Waals surface area contributed by atoms with Crippen LogP contribution in [0.5, 0.6) is 0 Å². The maximum absolute atomic E-state index is 12.6. The van der Waals surface area contributed by atoms with E-state index in [2.05, 4.69) is 34.0 Å². The summed E-state index contributed by atoms with van der Waals surface area (Å²) >= 11 is 3.47. The number of carbonyl (C=O) groups is 1. The van der Waals surface area contributed by atoms with Crippen molar-refractivity contribution < 1.29 is 4.79 Å². The zero-order valence-electron chi connectivity index (χ0n) is 10.8. The van der Waals surface area contributed by atoms with Gasteiger partial charge in [0.1, 0.15) is 0 Å². The minimum Gasteiger partial charge on any atom is -0.305 e. The summed E-state index contributed by atoms with van der Waals surface area (Å²) in [5.74, 6) is 0.0154. The number of aromatic nitrogens is 2. The molecule has 4 nitrogen and oxygen atoms in total. The van der Waals surface area contributed by atoms with Crippen LogP contribution in [0, 0.1) is 0 Å². The van der Waals surface area contributed by atoms with Crippen molar-refractivity contribution in [2.24, 2.45) is 7.05 Å². The molecule has 0 bridgehead atoms. The van der Waals surface area contributed by atoms with Crippen LogP contribution in [0.25, 0.3) is 0 Å². The van der Waals surface area contributed by atoms with Crippen molar-refractivity contribution in [2.45, 2.75) is 19.4 Å². The van der Waals surface area contributed by atoms with Gasteiger partial charge in [0.2, 0.25) is 0 Å². The number of rotatable bonds is 1. The molecule has 0 fully saturated rings. The second-order valence-electron chi connectivity index (χ2n) is 4.90. The van der Waals surface area contributed by atoms with Gasteiger partial charge < -0.3 is 4.90 Å². The number of hydrogen-bond acceptors (Lipinski definition) is 2. The predicted octanol–water partition coefficient (Wildman–Crippen LogP) is 2.77. The fraction of sp³-hybridized carbons (Fsp3) is 0.286. The second kappa shape index (κ2) is 4.49. The third-order valence-corrected chi connectivity index (χ3v) is 3.92. The molecule has 0 radical (unpaired) electrons. The van der Waals surface area contributed by atoms with Gasteiger partial charge in [-0.05, 0) is 37.1 Å². The molecule has 0 N–H and O–H groups in total. The quantitative estimate of drug-likeness (QED) is 0.810. The predicted molar refractivity (Wildman–Crippen MR) is 77.3 cm³/mol. The second-order valence-corrected chi connectivity index (χ2v) is 5.82. The first-order valence-electron chi connectivity index (χ1n) is 6.17. The maximum Gasteiger partial charge on any atom is 0.261 e. The largest absolute Gasteiger partial charge is 0.305 e. The molecule has 3 rings (SSSR count). The first-order valence-corrected chi connectivity index (χ1v) is 6.96. The lowest BCUT2D eigenvalue weighted by Crippen LogP contribution is -2.35. The van der Waals surface area contributed by atoms with Gasteiger partial charge in [-0.15, -0.1) is 0 Å². The van der Waals surface area contributed by atoms with Gasteiger partial charge in [0, 0.05) is 29.4 Å². The topological polar surface area (TPSA) is 38.1 Å². The van der Waals surface area contributed by atoms with Gasteiger partial charge in [-0.25, -0.2) is 0 Å². The van der Waals surface area contributed by atoms with Crippen LogP contribution >= 0.6 is 15.9 Å². The van der Waals surface area contributed by atoms with E-state index in [0.717, 1.165) is 16.6 Å². The number of amides is 1. The molecular formula is C14H14BrN3O. The van der Waals surface area contributed by atoms with Gasteiger partial charge in [0.15, 0.2) is 0 Å². The highest BCUT2D eigenvalue weighted by molar-refractivity contribution is 9.10. The van der Waals surface area contributed by atoms with Gasteiger partial charge in [-0.1, -0.05) is 15.9 Å². The summed E-state index contributed by atoms with van der Waals surface area (Å²) < 4.78 is 2.70. The molecule has 0 aliphatic carbocycles. The van der Waals surface area contributed by atoms with E-state index < -0.39 is 0 Å². The van der Waals surface area contributed by atoms with Crippen LogP contribution in [0.2, 0.25) is 0 Å². The fourth-order valence-corrected chi connectivity index (χ4v) is 2.99. The van der Waals surface area contributed by atoms with E-state index >= 15 is 0 Å². The summed E-state index contributed by atoms with van der Waals surface area (Å²) in [6, 6.07) is 6.23. The smallest absolute Gasteiger partial charge is 0.261 e. The number of halogens is 1. The van der Waals surface area contributed by atoms with Crippen molar-refractivity contribution in [1.82, 2.24) is 9.78 Å². The van der Waals surface area contributed by atoms with Gasteiger partial charge >= 0.3 is 0 Å². The van der Waals surface area contributed by atoms with Crippen molar-refractivity contribution in [3.8, 4) is 0 Å². The van der Waals surface area contributed by atoms with E-state index in [-0.39, 0.29) is 11.9 Å². The summed E-state index contributed by atoms with van der Waals surface area (Å²) in [6.07, 6.45) is 4.26. The zero-order valence-corrected chi connectivity index (χ0v) is 12.4. The minimum absolute atomic E-state index is 0.0154. The Kier molecular flexibility index (Phi) is 2.93. The molecule has 1 aromatic heterocycles. The third kappa shape index (κ3) is 2.08. The number of nitrogens with zero attached hydrogens (tertiary/aromatic N) is 3. The van der Waals surface area contributed by atoms with Gasteiger partial charge in [-0.3, -0.25) is 9.48 Å². The summed E-state index contributed by atoms with van der Waals surface area (Å²) in [5.41, 5.74) is 2.84. The summed E-state index contributed by atoms with van der Waals surface area (Å²) in [4.78, 5) is 14.4. The Balaban J connectivity index is 2.00. The first-order chi connectivity index (χ1) is 9.06. The van der Waals surface area contributed by atoms with Crippen molar-refractivity contribution >= 4 is 27.5 Å². The Morgan fingerprint density at radius 3 is 2.95 bits per heavy atom. The lowest BCUT2D eigenvalue weighted by molar-refractivity contribution is 0.0981. The Morgan fingerprint density at radius 1 is 1.47 bits per heavy atom. The monoisotopic (exact) mass is 319 g/mol. The van der Waals surface area contributed by atoms with Crippen LogP contribution < -0.4 is 4.90 Å². The Bertz CT molecular complexity index is 650. The lowest BCUT2D eigenvalue weighted by Gasteiger charge is -2.22. The van der Waals surface area contributed by atoms with Gasteiger partial charge in [-0.2, -0.15) is 5.10 Å². The number of carbonyl (C=O) groups excluding carboxylic acids is 1. The average Bonchev–Trinajstić information content (AvgIpc) is 2.91. The third-order valence-electron chi connectivity index (χ3n) is 3.43. The lowest BCUT2D eigenvalue weighted by atomic mass is 10.1. The molecule has 1 aliphatic rings. The molecule has 2 aromatic rings. The number of aryl methyl sites for hydroxylation is 1. The molecule has 1 aromatic carbocycles. The molecule has 1 amide bonds. The van der Waals surface area contributed by atoms with Crippen LogP contribution in [0.15, 0.2) is 35.1 Å². The molecule has 19 heavy (non-hydrogen) atoms. The van der Waals surface area contributed by atoms with Crippen LogP contribution in [0.3, 0.4) is 0 Å². The van der Waals surface area contributed by atoms with Gasteiger partial charge in [0.05, 0.1) is 11.8 Å². The van der Waals surface area contributed by atoms with Crippen molar-refractivity contribution in [1.29, 1.82) is 0 Å². The highest BCUT2D eigenvalue weighted by atomic mass is 79.9. The molecule has 0 spiro atoms. The van der Waals surface area contributed by atoms with Crippen molar-refractivity contribution in [2.75, 3.05) is 4.90 Å². The minimum atomic E-state index is 0.0154. The standard InChI is InChI=1S/C14H14BrN3O/c1-9-5-10-6-12(15)3-4-13(10)18(9)14(19)11-7-16-17(2)8-11/h3-4,6-9H,5H2,1-2H3/t9-/m0/s1. The summed E-state index contributed by atoms with van der Waals surface area (Å²) in [7, 11) is 1.81. The van der Waals surface area contributed by atoms with Crippen LogP contribution in [-0.2, 0) is 13.5 Å². The first kappa shape index (κ1) is 12.4. The van der Waals surface area contributed by atoms with Crippen molar-refractivity contribution in [3.05, 3.63) is 46.2 Å². The van der Waals surface area contributed by atoms with E-state index in [1.807, 2.05) is 24.1 Å². The molecule has 5 heteroatoms. The molecular weight excluding hydrogens is 306 g/mol. The summed E-state index contributed by atoms with van der Waals surface area (Å²) in [6.45, 7) is 2.07. The highest BCUT2D eigenvalue weighted by Crippen LogP contribution is 2.35. The highest BCUT2D eigenvalue weighted by Gasteiger charge is 2.31. The molecule has 1 aliphatic heterocycles. The Hall–Kier alpha value is -1.62. The van der Waals surface area contributed by atoms with E-state index in [9.17, 15) is 4.79 Å². The molecule has 0 saturated heterocycles. The Labute approximate surface area is 120 Å². The Morgan fingerprint density at radius 2 is 2.26 bits per heavy atom. The number of anilines is 1. The normalized spacial score (nSPS) is 17.6. The SMILES string of the molecule is C[C@H]1Cc2cc(Br)ccc2N1C(=O)c1cnn(C)c1. The average molecular weight is 320 g/mol. The van der Waals surface area contributed by atoms with Crippen LogP contribution in [-0.4, -0.2) is 21.7 Å². The molecule has 0 unspecified atom stereocenters. The van der Waals surface area contributed by atoms with Crippen LogP contribution in [0.4, 0.5) is 5.69 Å². The maximum atomic E-state index is 12.6. The van der Waals surface area contributed by atoms with Crippen molar-refractivity contribution in [3.63, 3.8) is 0 Å². The number of benzene rings is 1. The van der Waals surface area contributed by atoms with E-state index in [4.69, 9.17) is 0 Å². The van der Waals surface area contributed by atoms with E-state index in [1.54, 1.807) is 17.1 Å². The van der Waals surface area contributed by atoms with Gasteiger partial charge in [0.25, 0.3) is 5.91 Å². The molecule has 2 heterocycles.